The summed E-state index contributed by atoms with van der Waals surface area (Å²) in [6, 6.07) is 4.85. The van der Waals surface area contributed by atoms with E-state index in [0.29, 0.717) is 59.6 Å². The third kappa shape index (κ3) is 8.58. The van der Waals surface area contributed by atoms with Gasteiger partial charge < -0.3 is 39.7 Å². The van der Waals surface area contributed by atoms with Crippen molar-refractivity contribution in [3.05, 3.63) is 53.9 Å². The summed E-state index contributed by atoms with van der Waals surface area (Å²) < 4.78 is 10.5. The summed E-state index contributed by atoms with van der Waals surface area (Å²) >= 11 is 0. The predicted molar refractivity (Wildman–Crippen MR) is 165 cm³/mol. The lowest BCUT2D eigenvalue weighted by Gasteiger charge is -2.26. The summed E-state index contributed by atoms with van der Waals surface area (Å²) in [7, 11) is 3.47. The molecule has 1 saturated heterocycles. The second-order valence-electron chi connectivity index (χ2n) is 11.2. The van der Waals surface area contributed by atoms with E-state index in [-0.39, 0.29) is 17.7 Å². The maximum absolute atomic E-state index is 13.4. The number of morpholine rings is 1. The standard InChI is InChI=1S/C30H42N8O5/c1-21(2)6-9-38-19-24(34-29(41)26-14-22(32-20-39)17-35(26)3)16-27(38)30(42)33-23-15-25(36(4)18-23)28(40)31-7-5-8-37-10-12-43-13-11-37/h14-21H,5-13H2,1-4H3,(H,31,40)(H,32,39)(H,33,42)(H,34,41). The van der Waals surface area contributed by atoms with Gasteiger partial charge in [0.15, 0.2) is 0 Å². The first-order valence-corrected chi connectivity index (χ1v) is 14.6. The fourth-order valence-electron chi connectivity index (χ4n) is 4.96. The second kappa shape index (κ2) is 14.7. The van der Waals surface area contributed by atoms with Gasteiger partial charge in [-0.2, -0.15) is 0 Å². The first-order valence-electron chi connectivity index (χ1n) is 14.6. The molecule has 3 aromatic rings. The number of nitrogens with zero attached hydrogens (tertiary/aromatic N) is 4. The molecule has 0 aromatic carbocycles. The Morgan fingerprint density at radius 1 is 0.837 bits per heavy atom. The van der Waals surface area contributed by atoms with Crippen molar-refractivity contribution in [2.75, 3.05) is 55.3 Å². The van der Waals surface area contributed by atoms with Crippen molar-refractivity contribution in [3.8, 4) is 0 Å². The van der Waals surface area contributed by atoms with Gasteiger partial charge in [-0.05, 0) is 43.5 Å². The molecule has 0 radical (unpaired) electrons. The first-order chi connectivity index (χ1) is 20.6. The van der Waals surface area contributed by atoms with Gasteiger partial charge in [0.25, 0.3) is 17.7 Å². The van der Waals surface area contributed by atoms with Crippen molar-refractivity contribution in [1.82, 2.24) is 23.9 Å². The Hall–Kier alpha value is -4.36. The van der Waals surface area contributed by atoms with Crippen LogP contribution in [0.4, 0.5) is 17.1 Å². The minimum Gasteiger partial charge on any atom is -0.379 e. The Morgan fingerprint density at radius 2 is 1.42 bits per heavy atom. The molecule has 1 aliphatic heterocycles. The van der Waals surface area contributed by atoms with E-state index in [1.54, 1.807) is 60.0 Å². The molecule has 232 valence electrons. The Kier molecular flexibility index (Phi) is 10.8. The topological polar surface area (TPSA) is 144 Å². The highest BCUT2D eigenvalue weighted by atomic mass is 16.5. The number of nitrogens with one attached hydrogen (secondary N) is 4. The van der Waals surface area contributed by atoms with Crippen molar-refractivity contribution in [2.24, 2.45) is 20.0 Å². The number of rotatable bonds is 14. The van der Waals surface area contributed by atoms with Crippen LogP contribution in [-0.2, 0) is 30.2 Å². The van der Waals surface area contributed by atoms with Crippen LogP contribution >= 0.6 is 0 Å². The minimum absolute atomic E-state index is 0.206. The highest BCUT2D eigenvalue weighted by molar-refractivity contribution is 6.07. The van der Waals surface area contributed by atoms with E-state index < -0.39 is 0 Å². The summed E-state index contributed by atoms with van der Waals surface area (Å²) in [6.45, 7) is 9.57. The van der Waals surface area contributed by atoms with E-state index >= 15 is 0 Å². The van der Waals surface area contributed by atoms with Gasteiger partial charge in [-0.15, -0.1) is 0 Å². The monoisotopic (exact) mass is 594 g/mol. The van der Waals surface area contributed by atoms with Crippen LogP contribution in [-0.4, -0.2) is 82.1 Å². The molecule has 13 nitrogen and oxygen atoms in total. The zero-order valence-corrected chi connectivity index (χ0v) is 25.3. The van der Waals surface area contributed by atoms with Crippen LogP contribution in [0.5, 0.6) is 0 Å². The van der Waals surface area contributed by atoms with E-state index in [1.165, 1.54) is 0 Å². The lowest BCUT2D eigenvalue weighted by atomic mass is 10.1. The van der Waals surface area contributed by atoms with Crippen LogP contribution in [0.25, 0.3) is 0 Å². The molecule has 3 aromatic heterocycles. The molecule has 13 heteroatoms. The van der Waals surface area contributed by atoms with Gasteiger partial charge in [-0.25, -0.2) is 0 Å². The fraction of sp³-hybridized carbons (Fsp3) is 0.467. The summed E-state index contributed by atoms with van der Waals surface area (Å²) in [6.07, 6.45) is 7.30. The van der Waals surface area contributed by atoms with Crippen molar-refractivity contribution in [2.45, 2.75) is 33.2 Å². The minimum atomic E-state index is -0.377. The predicted octanol–water partition coefficient (Wildman–Crippen LogP) is 2.74. The number of carbonyl (C=O) groups is 4. The van der Waals surface area contributed by atoms with Gasteiger partial charge in [-0.1, -0.05) is 13.8 Å². The number of amides is 4. The molecule has 0 atom stereocenters. The average Bonchev–Trinajstić information content (AvgIpc) is 3.66. The van der Waals surface area contributed by atoms with E-state index in [2.05, 4.69) is 40.0 Å². The lowest BCUT2D eigenvalue weighted by molar-refractivity contribution is -0.105. The molecule has 4 amide bonds. The number of hydrogen-bond donors (Lipinski definition) is 4. The van der Waals surface area contributed by atoms with Crippen LogP contribution in [0, 0.1) is 5.92 Å². The van der Waals surface area contributed by atoms with Crippen LogP contribution in [0.1, 0.15) is 58.2 Å². The summed E-state index contributed by atoms with van der Waals surface area (Å²) in [5.74, 6) is -0.531. The zero-order chi connectivity index (χ0) is 30.9. The van der Waals surface area contributed by atoms with E-state index in [4.69, 9.17) is 4.74 Å². The van der Waals surface area contributed by atoms with Crippen LogP contribution in [0.2, 0.25) is 0 Å². The Bertz CT molecular complexity index is 1430. The molecule has 4 N–H and O–H groups in total. The second-order valence-corrected chi connectivity index (χ2v) is 11.2. The Labute approximate surface area is 251 Å². The molecular weight excluding hydrogens is 552 g/mol. The molecule has 0 unspecified atom stereocenters. The largest absolute Gasteiger partial charge is 0.379 e. The van der Waals surface area contributed by atoms with Gasteiger partial charge in [0.05, 0.1) is 30.3 Å². The Morgan fingerprint density at radius 3 is 2.09 bits per heavy atom. The van der Waals surface area contributed by atoms with E-state index in [0.717, 1.165) is 45.7 Å². The number of carbonyl (C=O) groups excluding carboxylic acids is 4. The quantitative estimate of drug-likeness (QED) is 0.167. The van der Waals surface area contributed by atoms with Gasteiger partial charge in [0, 0.05) is 58.9 Å². The maximum atomic E-state index is 13.4. The van der Waals surface area contributed by atoms with Gasteiger partial charge in [-0.3, -0.25) is 24.1 Å². The number of aryl methyl sites for hydroxylation is 3. The maximum Gasteiger partial charge on any atom is 0.272 e. The van der Waals surface area contributed by atoms with Gasteiger partial charge >= 0.3 is 0 Å². The lowest BCUT2D eigenvalue weighted by Crippen LogP contribution is -2.38. The van der Waals surface area contributed by atoms with Crippen LogP contribution < -0.4 is 21.3 Å². The van der Waals surface area contributed by atoms with Gasteiger partial charge in [0.1, 0.15) is 17.1 Å². The molecule has 0 saturated carbocycles. The summed E-state index contributed by atoms with van der Waals surface area (Å²) in [5, 5.41) is 11.2. The van der Waals surface area contributed by atoms with E-state index in [1.807, 2.05) is 4.57 Å². The third-order valence-electron chi connectivity index (χ3n) is 7.33. The molecular formula is C30H42N8O5. The molecule has 1 aliphatic rings. The molecule has 4 rings (SSSR count). The molecule has 4 heterocycles. The molecule has 0 bridgehead atoms. The fourth-order valence-corrected chi connectivity index (χ4v) is 4.96. The van der Waals surface area contributed by atoms with Crippen molar-refractivity contribution < 1.29 is 23.9 Å². The summed E-state index contributed by atoms with van der Waals surface area (Å²) in [5.41, 5.74) is 2.63. The third-order valence-corrected chi connectivity index (χ3v) is 7.33. The van der Waals surface area contributed by atoms with Crippen LogP contribution in [0.3, 0.4) is 0 Å². The molecule has 0 spiro atoms. The summed E-state index contributed by atoms with van der Waals surface area (Å²) in [4.78, 5) is 52.3. The highest BCUT2D eigenvalue weighted by Gasteiger charge is 2.20. The number of ether oxygens (including phenoxy) is 1. The average molecular weight is 595 g/mol. The number of aromatic nitrogens is 3. The van der Waals surface area contributed by atoms with Crippen molar-refractivity contribution in [1.29, 1.82) is 0 Å². The molecule has 0 aliphatic carbocycles. The Balaban J connectivity index is 1.40. The first kappa shape index (κ1) is 31.6. The number of hydrogen-bond acceptors (Lipinski definition) is 6. The molecule has 1 fully saturated rings. The highest BCUT2D eigenvalue weighted by Crippen LogP contribution is 2.21. The smallest absolute Gasteiger partial charge is 0.272 e. The van der Waals surface area contributed by atoms with E-state index in [9.17, 15) is 19.2 Å². The molecule has 43 heavy (non-hydrogen) atoms. The zero-order valence-electron chi connectivity index (χ0n) is 25.3. The van der Waals surface area contributed by atoms with Crippen molar-refractivity contribution >= 4 is 41.2 Å². The normalized spacial score (nSPS) is 13.6. The SMILES string of the molecule is CC(C)CCn1cc(NC(=O)c2cc(NC=O)cn2C)cc1C(=O)Nc1cc(C(=O)NCCCN2CCOCC2)n(C)c1. The van der Waals surface area contributed by atoms with Crippen molar-refractivity contribution in [3.63, 3.8) is 0 Å². The number of anilines is 3. The van der Waals surface area contributed by atoms with Gasteiger partial charge in [0.2, 0.25) is 6.41 Å². The van der Waals surface area contributed by atoms with Crippen LogP contribution in [0.15, 0.2) is 36.8 Å².